The second-order valence-corrected chi connectivity index (χ2v) is 8.06. The summed E-state index contributed by atoms with van der Waals surface area (Å²) in [6.07, 6.45) is 2.38. The van der Waals surface area contributed by atoms with Crippen molar-refractivity contribution in [1.29, 1.82) is 0 Å². The molecule has 7 nitrogen and oxygen atoms in total. The first-order valence-corrected chi connectivity index (χ1v) is 10.1. The second-order valence-electron chi connectivity index (χ2n) is 8.06. The predicted octanol–water partition coefficient (Wildman–Crippen LogP) is 1.51. The number of methoxy groups -OCH3 is 2. The number of fused-ring (bicyclic) bond motifs is 1. The quantitative estimate of drug-likeness (QED) is 0.848. The summed E-state index contributed by atoms with van der Waals surface area (Å²) in [7, 11) is 3.17. The van der Waals surface area contributed by atoms with Gasteiger partial charge in [0.1, 0.15) is 11.5 Å². The van der Waals surface area contributed by atoms with Crippen molar-refractivity contribution < 1.29 is 19.1 Å². The molecule has 2 amide bonds. The highest BCUT2D eigenvalue weighted by atomic mass is 16.5. The van der Waals surface area contributed by atoms with Crippen LogP contribution >= 0.6 is 0 Å². The maximum atomic E-state index is 13.1. The zero-order chi connectivity index (χ0) is 19.7. The van der Waals surface area contributed by atoms with Crippen LogP contribution in [0.1, 0.15) is 19.3 Å². The molecule has 0 bridgehead atoms. The number of nitrogens with zero attached hydrogens (tertiary/aromatic N) is 2. The molecule has 1 aromatic carbocycles. The molecular weight excluding hydrogens is 358 g/mol. The van der Waals surface area contributed by atoms with Crippen LogP contribution in [-0.2, 0) is 9.59 Å². The van der Waals surface area contributed by atoms with Gasteiger partial charge in [-0.2, -0.15) is 0 Å². The predicted molar refractivity (Wildman–Crippen MR) is 106 cm³/mol. The van der Waals surface area contributed by atoms with Crippen LogP contribution in [0.3, 0.4) is 0 Å². The maximum Gasteiger partial charge on any atom is 0.228 e. The molecule has 7 heteroatoms. The van der Waals surface area contributed by atoms with E-state index < -0.39 is 0 Å². The summed E-state index contributed by atoms with van der Waals surface area (Å²) < 4.78 is 10.6. The van der Waals surface area contributed by atoms with E-state index >= 15 is 0 Å². The maximum absolute atomic E-state index is 13.1. The monoisotopic (exact) mass is 387 g/mol. The number of nitrogens with one attached hydrogen (secondary N) is 1. The van der Waals surface area contributed by atoms with Crippen molar-refractivity contribution in [1.82, 2.24) is 10.2 Å². The van der Waals surface area contributed by atoms with Crippen molar-refractivity contribution in [3.05, 3.63) is 18.2 Å². The number of rotatable bonds is 4. The number of anilines is 1. The van der Waals surface area contributed by atoms with E-state index in [4.69, 9.17) is 9.47 Å². The van der Waals surface area contributed by atoms with Crippen molar-refractivity contribution in [2.75, 3.05) is 51.8 Å². The molecule has 3 saturated heterocycles. The summed E-state index contributed by atoms with van der Waals surface area (Å²) in [6, 6.07) is 5.40. The molecule has 1 unspecified atom stereocenters. The van der Waals surface area contributed by atoms with Crippen molar-refractivity contribution in [3.8, 4) is 11.5 Å². The first kappa shape index (κ1) is 19.1. The Balaban J connectivity index is 1.45. The van der Waals surface area contributed by atoms with Crippen LogP contribution in [0.4, 0.5) is 5.69 Å². The van der Waals surface area contributed by atoms with Gasteiger partial charge in [-0.1, -0.05) is 0 Å². The van der Waals surface area contributed by atoms with E-state index in [1.54, 1.807) is 25.2 Å². The number of carbonyl (C=O) groups is 2. The Hall–Kier alpha value is -2.28. The summed E-state index contributed by atoms with van der Waals surface area (Å²) >= 11 is 0. The Morgan fingerprint density at radius 2 is 1.64 bits per heavy atom. The topological polar surface area (TPSA) is 71.1 Å². The largest absolute Gasteiger partial charge is 0.497 e. The van der Waals surface area contributed by atoms with E-state index in [2.05, 4.69) is 5.32 Å². The van der Waals surface area contributed by atoms with Gasteiger partial charge in [0.05, 0.1) is 25.8 Å². The summed E-state index contributed by atoms with van der Waals surface area (Å²) in [5.74, 6) is 2.45. The third-order valence-electron chi connectivity index (χ3n) is 6.45. The number of likely N-dealkylation sites (tertiary alicyclic amines) is 1. The number of amides is 2. The molecule has 1 aromatic rings. The van der Waals surface area contributed by atoms with Gasteiger partial charge in [-0.05, 0) is 37.8 Å². The van der Waals surface area contributed by atoms with Gasteiger partial charge < -0.3 is 24.6 Å². The van der Waals surface area contributed by atoms with Gasteiger partial charge in [-0.3, -0.25) is 9.59 Å². The van der Waals surface area contributed by atoms with Crippen LogP contribution in [0.25, 0.3) is 0 Å². The first-order chi connectivity index (χ1) is 13.6. The van der Waals surface area contributed by atoms with E-state index in [-0.39, 0.29) is 24.2 Å². The minimum absolute atomic E-state index is 0.0236. The molecule has 4 rings (SSSR count). The molecule has 28 heavy (non-hydrogen) atoms. The van der Waals surface area contributed by atoms with Gasteiger partial charge in [0, 0.05) is 44.3 Å². The van der Waals surface area contributed by atoms with E-state index in [0.717, 1.165) is 39.0 Å². The molecule has 0 saturated carbocycles. The van der Waals surface area contributed by atoms with Crippen LogP contribution < -0.4 is 19.7 Å². The fourth-order valence-electron chi connectivity index (χ4n) is 4.77. The smallest absolute Gasteiger partial charge is 0.228 e. The van der Waals surface area contributed by atoms with Gasteiger partial charge in [-0.15, -0.1) is 0 Å². The van der Waals surface area contributed by atoms with E-state index in [9.17, 15) is 9.59 Å². The third-order valence-corrected chi connectivity index (χ3v) is 6.45. The first-order valence-electron chi connectivity index (χ1n) is 10.1. The lowest BCUT2D eigenvalue weighted by Gasteiger charge is -2.24. The molecule has 3 aliphatic heterocycles. The molecule has 3 heterocycles. The average molecular weight is 387 g/mol. The molecule has 3 atom stereocenters. The third kappa shape index (κ3) is 3.68. The zero-order valence-corrected chi connectivity index (χ0v) is 16.6. The molecule has 0 aliphatic carbocycles. The fraction of sp³-hybridized carbons (Fsp3) is 0.619. The Kier molecular flexibility index (Phi) is 5.44. The van der Waals surface area contributed by atoms with Crippen LogP contribution in [0, 0.1) is 17.8 Å². The Morgan fingerprint density at radius 1 is 1.04 bits per heavy atom. The molecule has 0 aromatic heterocycles. The molecule has 3 fully saturated rings. The van der Waals surface area contributed by atoms with Gasteiger partial charge in [0.25, 0.3) is 0 Å². The summed E-state index contributed by atoms with van der Waals surface area (Å²) in [5, 5.41) is 3.46. The van der Waals surface area contributed by atoms with Crippen molar-refractivity contribution in [3.63, 3.8) is 0 Å². The van der Waals surface area contributed by atoms with Crippen molar-refractivity contribution in [2.24, 2.45) is 17.8 Å². The molecule has 3 aliphatic rings. The minimum Gasteiger partial charge on any atom is -0.497 e. The van der Waals surface area contributed by atoms with Gasteiger partial charge in [0.15, 0.2) is 0 Å². The van der Waals surface area contributed by atoms with Crippen molar-refractivity contribution in [2.45, 2.75) is 19.3 Å². The lowest BCUT2D eigenvalue weighted by molar-refractivity contribution is -0.135. The average Bonchev–Trinajstić information content (AvgIpc) is 3.28. The molecule has 0 radical (unpaired) electrons. The summed E-state index contributed by atoms with van der Waals surface area (Å²) in [4.78, 5) is 29.5. The van der Waals surface area contributed by atoms with E-state index in [0.29, 0.717) is 35.6 Å². The number of hydrogen-bond donors (Lipinski definition) is 1. The van der Waals surface area contributed by atoms with Crippen LogP contribution in [0.15, 0.2) is 18.2 Å². The molecular formula is C21H29N3O4. The van der Waals surface area contributed by atoms with Crippen LogP contribution in [0.2, 0.25) is 0 Å². The Bertz CT molecular complexity index is 717. The second kappa shape index (κ2) is 7.99. The lowest BCUT2D eigenvalue weighted by atomic mass is 9.92. The van der Waals surface area contributed by atoms with Crippen molar-refractivity contribution >= 4 is 17.5 Å². The van der Waals surface area contributed by atoms with Gasteiger partial charge in [-0.25, -0.2) is 0 Å². The van der Waals surface area contributed by atoms with E-state index in [1.807, 2.05) is 17.0 Å². The SMILES string of the molecule is COc1cc(OC)cc(N2CC(C(=O)N3CC[C@@H]4CNC[C@@H]4CC3)CC2=O)c1. The standard InChI is InChI=1S/C21H29N3O4/c1-27-18-8-17(9-19(10-18)28-2)24-13-16(7-20(24)25)21(26)23-5-3-14-11-22-12-15(14)4-6-23/h8-10,14-16,22H,3-7,11-13H2,1-2H3/t14-,15+,16?. The van der Waals surface area contributed by atoms with Crippen LogP contribution in [-0.4, -0.2) is 63.7 Å². The highest BCUT2D eigenvalue weighted by Crippen LogP contribution is 2.34. The molecule has 152 valence electrons. The molecule has 0 spiro atoms. The van der Waals surface area contributed by atoms with E-state index in [1.165, 1.54) is 0 Å². The minimum atomic E-state index is -0.277. The summed E-state index contributed by atoms with van der Waals surface area (Å²) in [5.41, 5.74) is 0.716. The van der Waals surface area contributed by atoms with Crippen LogP contribution in [0.5, 0.6) is 11.5 Å². The molecule has 1 N–H and O–H groups in total. The normalized spacial score (nSPS) is 27.5. The summed E-state index contributed by atoms with van der Waals surface area (Å²) in [6.45, 7) is 4.16. The number of carbonyl (C=O) groups excluding carboxylic acids is 2. The fourth-order valence-corrected chi connectivity index (χ4v) is 4.77. The zero-order valence-electron chi connectivity index (χ0n) is 16.6. The highest BCUT2D eigenvalue weighted by Gasteiger charge is 2.39. The number of hydrogen-bond acceptors (Lipinski definition) is 5. The van der Waals surface area contributed by atoms with Gasteiger partial charge >= 0.3 is 0 Å². The Labute approximate surface area is 166 Å². The lowest BCUT2D eigenvalue weighted by Crippen LogP contribution is -2.38. The highest BCUT2D eigenvalue weighted by molar-refractivity contribution is 6.00. The number of ether oxygens (including phenoxy) is 2. The Morgan fingerprint density at radius 3 is 2.21 bits per heavy atom. The number of benzene rings is 1. The van der Waals surface area contributed by atoms with Gasteiger partial charge in [0.2, 0.25) is 11.8 Å².